The molecule has 1 aromatic heterocycles. The van der Waals surface area contributed by atoms with E-state index >= 15 is 0 Å². The van der Waals surface area contributed by atoms with Gasteiger partial charge in [0.05, 0.1) is 11.2 Å². The number of aromatic nitrogens is 1. The van der Waals surface area contributed by atoms with Crippen LogP contribution in [0.3, 0.4) is 0 Å². The van der Waals surface area contributed by atoms with Crippen LogP contribution in [0.25, 0.3) is 0 Å². The highest BCUT2D eigenvalue weighted by Crippen LogP contribution is 2.11. The molecule has 2 nitrogen and oxygen atoms in total. The maximum atomic E-state index is 4.21. The molecule has 0 bridgehead atoms. The van der Waals surface area contributed by atoms with E-state index in [2.05, 4.69) is 43.7 Å². The second kappa shape index (κ2) is 5.39. The van der Waals surface area contributed by atoms with E-state index in [0.717, 1.165) is 23.3 Å². The summed E-state index contributed by atoms with van der Waals surface area (Å²) in [5.41, 5.74) is 4.24. The summed E-state index contributed by atoms with van der Waals surface area (Å²) in [7, 11) is 0. The van der Waals surface area contributed by atoms with Crippen LogP contribution in [-0.4, -0.2) is 4.98 Å². The van der Waals surface area contributed by atoms with Crippen molar-refractivity contribution in [2.24, 2.45) is 0 Å². The van der Waals surface area contributed by atoms with Crippen molar-refractivity contribution >= 4 is 27.3 Å². The number of hydrogen-bond acceptors (Lipinski definition) is 3. The molecule has 0 aliphatic heterocycles. The Hall–Kier alpha value is -0.710. The summed E-state index contributed by atoms with van der Waals surface area (Å²) in [6, 6.07) is 8.31. The van der Waals surface area contributed by atoms with Crippen molar-refractivity contribution in [3.63, 3.8) is 0 Å². The van der Waals surface area contributed by atoms with E-state index in [1.807, 2.05) is 17.6 Å². The topological polar surface area (TPSA) is 24.9 Å². The first-order valence-corrected chi connectivity index (χ1v) is 6.40. The van der Waals surface area contributed by atoms with Crippen LogP contribution < -0.4 is 5.32 Å². The van der Waals surface area contributed by atoms with Crippen molar-refractivity contribution in [1.82, 2.24) is 10.3 Å². The minimum atomic E-state index is 0.829. The van der Waals surface area contributed by atoms with Crippen LogP contribution in [0.1, 0.15) is 11.3 Å². The predicted octanol–water partition coefficient (Wildman–Crippen LogP) is 3.20. The van der Waals surface area contributed by atoms with Gasteiger partial charge in [0.2, 0.25) is 0 Å². The van der Waals surface area contributed by atoms with Gasteiger partial charge >= 0.3 is 0 Å². The molecule has 1 heterocycles. The van der Waals surface area contributed by atoms with E-state index in [1.54, 1.807) is 11.3 Å². The van der Waals surface area contributed by atoms with Crippen LogP contribution in [0.5, 0.6) is 0 Å². The molecule has 0 spiro atoms. The molecule has 1 aromatic carbocycles. The molecule has 0 amide bonds. The number of nitrogens with one attached hydrogen (secondary N) is 1. The number of rotatable bonds is 4. The van der Waals surface area contributed by atoms with E-state index in [4.69, 9.17) is 0 Å². The Labute approximate surface area is 101 Å². The minimum absolute atomic E-state index is 0.829. The van der Waals surface area contributed by atoms with Crippen molar-refractivity contribution in [1.29, 1.82) is 0 Å². The number of nitrogens with zero attached hydrogens (tertiary/aromatic N) is 1. The fraction of sp³-hybridized carbons (Fsp3) is 0.182. The Kier molecular flexibility index (Phi) is 3.88. The Balaban J connectivity index is 1.83. The zero-order chi connectivity index (χ0) is 10.5. The monoisotopic (exact) mass is 282 g/mol. The van der Waals surface area contributed by atoms with Gasteiger partial charge in [-0.15, -0.1) is 11.3 Å². The van der Waals surface area contributed by atoms with Gasteiger partial charge in [-0.1, -0.05) is 28.1 Å². The molecule has 0 aliphatic carbocycles. The molecule has 78 valence electrons. The fourth-order valence-electron chi connectivity index (χ4n) is 1.31. The van der Waals surface area contributed by atoms with Crippen LogP contribution in [0.2, 0.25) is 0 Å². The first-order valence-electron chi connectivity index (χ1n) is 4.67. The lowest BCUT2D eigenvalue weighted by molar-refractivity contribution is 0.682. The lowest BCUT2D eigenvalue weighted by Gasteiger charge is -2.03. The second-order valence-electron chi connectivity index (χ2n) is 3.21. The van der Waals surface area contributed by atoms with Crippen LogP contribution in [-0.2, 0) is 13.1 Å². The average Bonchev–Trinajstić information content (AvgIpc) is 2.71. The summed E-state index contributed by atoms with van der Waals surface area (Å²) < 4.78 is 1.12. The number of benzene rings is 1. The second-order valence-corrected chi connectivity index (χ2v) is 4.85. The molecule has 0 atom stereocenters. The summed E-state index contributed by atoms with van der Waals surface area (Å²) in [5, 5.41) is 5.42. The van der Waals surface area contributed by atoms with Crippen LogP contribution in [0.15, 0.2) is 39.6 Å². The zero-order valence-electron chi connectivity index (χ0n) is 8.11. The molecule has 0 radical (unpaired) electrons. The number of hydrogen-bond donors (Lipinski definition) is 1. The van der Waals surface area contributed by atoms with Crippen molar-refractivity contribution in [2.75, 3.05) is 0 Å². The largest absolute Gasteiger partial charge is 0.307 e. The molecule has 0 saturated heterocycles. The third-order valence-corrected chi connectivity index (χ3v) is 3.14. The third kappa shape index (κ3) is 3.41. The standard InChI is InChI=1S/C11H11BrN2S/c12-10-3-1-2-9(4-10)5-13-6-11-7-15-8-14-11/h1-4,7-8,13H,5-6H2. The van der Waals surface area contributed by atoms with E-state index < -0.39 is 0 Å². The van der Waals surface area contributed by atoms with Gasteiger partial charge in [0.1, 0.15) is 0 Å². The lowest BCUT2D eigenvalue weighted by Crippen LogP contribution is -2.12. The summed E-state index contributed by atoms with van der Waals surface area (Å²) in [5.74, 6) is 0. The smallest absolute Gasteiger partial charge is 0.0795 e. The highest BCUT2D eigenvalue weighted by Gasteiger charge is 1.96. The maximum Gasteiger partial charge on any atom is 0.0795 e. The fourth-order valence-corrected chi connectivity index (χ4v) is 2.31. The molecule has 1 N–H and O–H groups in total. The quantitative estimate of drug-likeness (QED) is 0.932. The molecule has 2 rings (SSSR count). The summed E-state index contributed by atoms with van der Waals surface area (Å²) in [6.45, 7) is 1.70. The number of halogens is 1. The molecule has 0 aliphatic rings. The van der Waals surface area contributed by atoms with E-state index in [-0.39, 0.29) is 0 Å². The van der Waals surface area contributed by atoms with Crippen molar-refractivity contribution in [2.45, 2.75) is 13.1 Å². The summed E-state index contributed by atoms with van der Waals surface area (Å²) in [4.78, 5) is 4.21. The third-order valence-electron chi connectivity index (χ3n) is 2.01. The highest BCUT2D eigenvalue weighted by atomic mass is 79.9. The van der Waals surface area contributed by atoms with Crippen LogP contribution in [0.4, 0.5) is 0 Å². The Bertz CT molecular complexity index is 414. The molecular weight excluding hydrogens is 272 g/mol. The number of thiazole rings is 1. The van der Waals surface area contributed by atoms with Gasteiger partial charge in [0.15, 0.2) is 0 Å². The van der Waals surface area contributed by atoms with Crippen LogP contribution >= 0.6 is 27.3 Å². The predicted molar refractivity (Wildman–Crippen MR) is 66.8 cm³/mol. The first kappa shape index (κ1) is 10.8. The van der Waals surface area contributed by atoms with E-state index in [1.165, 1.54) is 5.56 Å². The molecule has 0 unspecified atom stereocenters. The van der Waals surface area contributed by atoms with Crippen molar-refractivity contribution in [3.05, 3.63) is 50.9 Å². The van der Waals surface area contributed by atoms with Gasteiger partial charge in [-0.25, -0.2) is 4.98 Å². The Morgan fingerprint density at radius 1 is 1.33 bits per heavy atom. The van der Waals surface area contributed by atoms with Gasteiger partial charge < -0.3 is 5.32 Å². The Morgan fingerprint density at radius 2 is 2.27 bits per heavy atom. The van der Waals surface area contributed by atoms with Gasteiger partial charge in [-0.3, -0.25) is 0 Å². The van der Waals surface area contributed by atoms with Crippen molar-refractivity contribution < 1.29 is 0 Å². The zero-order valence-corrected chi connectivity index (χ0v) is 10.5. The lowest BCUT2D eigenvalue weighted by atomic mass is 10.2. The normalized spacial score (nSPS) is 10.5. The van der Waals surface area contributed by atoms with Crippen LogP contribution in [0, 0.1) is 0 Å². The Morgan fingerprint density at radius 3 is 3.00 bits per heavy atom. The molecule has 2 aromatic rings. The molecule has 15 heavy (non-hydrogen) atoms. The van der Waals surface area contributed by atoms with E-state index in [9.17, 15) is 0 Å². The maximum absolute atomic E-state index is 4.21. The van der Waals surface area contributed by atoms with Gasteiger partial charge in [-0.05, 0) is 17.7 Å². The molecular formula is C11H11BrN2S. The first-order chi connectivity index (χ1) is 7.34. The summed E-state index contributed by atoms with van der Waals surface area (Å²) >= 11 is 5.08. The molecule has 4 heteroatoms. The average molecular weight is 283 g/mol. The minimum Gasteiger partial charge on any atom is -0.307 e. The summed E-state index contributed by atoms with van der Waals surface area (Å²) in [6.07, 6.45) is 0. The van der Waals surface area contributed by atoms with Gasteiger partial charge in [-0.2, -0.15) is 0 Å². The van der Waals surface area contributed by atoms with Gasteiger partial charge in [0.25, 0.3) is 0 Å². The van der Waals surface area contributed by atoms with Gasteiger partial charge in [0, 0.05) is 22.9 Å². The van der Waals surface area contributed by atoms with Crippen molar-refractivity contribution in [3.8, 4) is 0 Å². The highest BCUT2D eigenvalue weighted by molar-refractivity contribution is 9.10. The molecule has 0 saturated carbocycles. The SMILES string of the molecule is Brc1cccc(CNCc2cscn2)c1. The molecule has 0 fully saturated rings. The van der Waals surface area contributed by atoms with E-state index in [0.29, 0.717) is 0 Å².